The molecule has 0 spiro atoms. The zero-order valence-electron chi connectivity index (χ0n) is 15.0. The summed E-state index contributed by atoms with van der Waals surface area (Å²) in [4.78, 5) is 16.5. The number of sulfonamides is 1. The van der Waals surface area contributed by atoms with Gasteiger partial charge in [-0.25, -0.2) is 13.4 Å². The van der Waals surface area contributed by atoms with E-state index in [0.29, 0.717) is 29.9 Å². The van der Waals surface area contributed by atoms with Crippen molar-refractivity contribution >= 4 is 27.7 Å². The minimum Gasteiger partial charge on any atom is -0.353 e. The first kappa shape index (κ1) is 19.6. The molecule has 144 valence electrons. The molecule has 1 aliphatic carbocycles. The lowest BCUT2D eigenvalue weighted by Gasteiger charge is -2.25. The summed E-state index contributed by atoms with van der Waals surface area (Å²) in [6, 6.07) is 3.59. The van der Waals surface area contributed by atoms with E-state index in [2.05, 4.69) is 10.3 Å². The molecule has 2 aliphatic rings. The van der Waals surface area contributed by atoms with Crippen LogP contribution in [0.5, 0.6) is 0 Å². The van der Waals surface area contributed by atoms with E-state index in [1.807, 2.05) is 0 Å². The summed E-state index contributed by atoms with van der Waals surface area (Å²) in [5, 5.41) is 3.75. The van der Waals surface area contributed by atoms with Gasteiger partial charge < -0.3 is 5.32 Å². The molecule has 0 aromatic carbocycles. The van der Waals surface area contributed by atoms with Crippen molar-refractivity contribution < 1.29 is 13.2 Å². The molecule has 0 radical (unpaired) electrons. The van der Waals surface area contributed by atoms with Crippen LogP contribution in [0, 0.1) is 0 Å². The Morgan fingerprint density at radius 1 is 1.12 bits per heavy atom. The van der Waals surface area contributed by atoms with Gasteiger partial charge in [0.2, 0.25) is 15.9 Å². The Labute approximate surface area is 160 Å². The molecule has 0 bridgehead atoms. The smallest absolute Gasteiger partial charge is 0.244 e. The average Bonchev–Trinajstić information content (AvgIpc) is 2.68. The van der Waals surface area contributed by atoms with Gasteiger partial charge in [0, 0.05) is 25.3 Å². The lowest BCUT2D eigenvalue weighted by atomic mass is 9.95. The summed E-state index contributed by atoms with van der Waals surface area (Å²) < 4.78 is 26.7. The number of piperidine rings is 1. The molecule has 0 atom stereocenters. The molecule has 2 fully saturated rings. The Balaban J connectivity index is 1.51. The van der Waals surface area contributed by atoms with Gasteiger partial charge in [0.15, 0.2) is 0 Å². The van der Waals surface area contributed by atoms with E-state index < -0.39 is 10.0 Å². The molecule has 1 amide bonds. The number of carbonyl (C=O) groups is 1. The standard InChI is InChI=1S/C18H27N3O3S2/c22-17(20-15-7-3-1-4-8-15)14-25-18-10-9-16(13-19-18)26(23,24)21-11-5-2-6-12-21/h9-10,13,15H,1-8,11-12,14H2,(H,20,22). The summed E-state index contributed by atoms with van der Waals surface area (Å²) in [5.74, 6) is 0.329. The van der Waals surface area contributed by atoms with Gasteiger partial charge >= 0.3 is 0 Å². The largest absolute Gasteiger partial charge is 0.353 e. The third kappa shape index (κ3) is 5.20. The molecular formula is C18H27N3O3S2. The van der Waals surface area contributed by atoms with Crippen LogP contribution in [0.2, 0.25) is 0 Å². The quantitative estimate of drug-likeness (QED) is 0.747. The predicted molar refractivity (Wildman–Crippen MR) is 103 cm³/mol. The number of aromatic nitrogens is 1. The van der Waals surface area contributed by atoms with Gasteiger partial charge in [-0.2, -0.15) is 4.31 Å². The van der Waals surface area contributed by atoms with Crippen LogP contribution in [0.4, 0.5) is 0 Å². The Morgan fingerprint density at radius 3 is 2.46 bits per heavy atom. The van der Waals surface area contributed by atoms with Gasteiger partial charge in [-0.05, 0) is 37.8 Å². The molecule has 2 heterocycles. The number of nitrogens with zero attached hydrogens (tertiary/aromatic N) is 2. The fraction of sp³-hybridized carbons (Fsp3) is 0.667. The van der Waals surface area contributed by atoms with Crippen LogP contribution in [0.15, 0.2) is 28.3 Å². The van der Waals surface area contributed by atoms with E-state index in [9.17, 15) is 13.2 Å². The first-order valence-electron chi connectivity index (χ1n) is 9.44. The molecule has 1 aromatic heterocycles. The highest BCUT2D eigenvalue weighted by Crippen LogP contribution is 2.23. The average molecular weight is 398 g/mol. The lowest BCUT2D eigenvalue weighted by Crippen LogP contribution is -2.37. The van der Waals surface area contributed by atoms with Gasteiger partial charge in [-0.1, -0.05) is 37.4 Å². The van der Waals surface area contributed by atoms with Crippen molar-refractivity contribution in [1.29, 1.82) is 0 Å². The summed E-state index contributed by atoms with van der Waals surface area (Å²) in [5.41, 5.74) is 0. The fourth-order valence-electron chi connectivity index (χ4n) is 3.51. The second-order valence-corrected chi connectivity index (χ2v) is 9.92. The van der Waals surface area contributed by atoms with Crippen LogP contribution in [0.25, 0.3) is 0 Å². The minimum absolute atomic E-state index is 0.0220. The molecule has 1 aromatic rings. The normalized spacial score (nSPS) is 20.0. The highest BCUT2D eigenvalue weighted by atomic mass is 32.2. The van der Waals surface area contributed by atoms with Crippen molar-refractivity contribution in [2.75, 3.05) is 18.8 Å². The van der Waals surface area contributed by atoms with Crippen molar-refractivity contribution in [3.63, 3.8) is 0 Å². The van der Waals surface area contributed by atoms with Crippen LogP contribution in [0.3, 0.4) is 0 Å². The highest BCUT2D eigenvalue weighted by Gasteiger charge is 2.26. The molecular weight excluding hydrogens is 370 g/mol. The zero-order chi connectivity index (χ0) is 18.4. The highest BCUT2D eigenvalue weighted by molar-refractivity contribution is 7.99. The van der Waals surface area contributed by atoms with Crippen LogP contribution < -0.4 is 5.32 Å². The SMILES string of the molecule is O=C(CSc1ccc(S(=O)(=O)N2CCCCC2)cn1)NC1CCCCC1. The van der Waals surface area contributed by atoms with Crippen LogP contribution in [-0.4, -0.2) is 48.5 Å². The molecule has 26 heavy (non-hydrogen) atoms. The summed E-state index contributed by atoms with van der Waals surface area (Å²) in [7, 11) is -3.45. The second kappa shape index (κ2) is 9.19. The molecule has 1 saturated carbocycles. The Kier molecular flexibility index (Phi) is 6.94. The number of amides is 1. The van der Waals surface area contributed by atoms with E-state index in [4.69, 9.17) is 0 Å². The number of pyridine rings is 1. The van der Waals surface area contributed by atoms with Gasteiger partial charge in [-0.3, -0.25) is 4.79 Å². The summed E-state index contributed by atoms with van der Waals surface area (Å²) in [6.07, 6.45) is 10.1. The summed E-state index contributed by atoms with van der Waals surface area (Å²) >= 11 is 1.34. The molecule has 1 aliphatic heterocycles. The van der Waals surface area contributed by atoms with E-state index in [0.717, 1.165) is 32.1 Å². The molecule has 3 rings (SSSR count). The number of thioether (sulfide) groups is 1. The maximum Gasteiger partial charge on any atom is 0.244 e. The molecule has 1 N–H and O–H groups in total. The summed E-state index contributed by atoms with van der Waals surface area (Å²) in [6.45, 7) is 1.17. The van der Waals surface area contributed by atoms with E-state index in [1.54, 1.807) is 12.1 Å². The number of hydrogen-bond donors (Lipinski definition) is 1. The fourth-order valence-corrected chi connectivity index (χ4v) is 5.63. The third-order valence-electron chi connectivity index (χ3n) is 4.98. The number of carbonyl (C=O) groups excluding carboxylic acids is 1. The minimum atomic E-state index is -3.45. The van der Waals surface area contributed by atoms with Gasteiger partial charge in [0.05, 0.1) is 10.8 Å². The van der Waals surface area contributed by atoms with Gasteiger partial charge in [0.25, 0.3) is 0 Å². The van der Waals surface area contributed by atoms with Crippen LogP contribution in [0.1, 0.15) is 51.4 Å². The van der Waals surface area contributed by atoms with Gasteiger partial charge in [0.1, 0.15) is 4.90 Å². The third-order valence-corrected chi connectivity index (χ3v) is 7.81. The Bertz CT molecular complexity index is 695. The van der Waals surface area contributed by atoms with Crippen molar-refractivity contribution in [2.45, 2.75) is 67.3 Å². The van der Waals surface area contributed by atoms with E-state index >= 15 is 0 Å². The maximum atomic E-state index is 12.6. The van der Waals surface area contributed by atoms with Crippen molar-refractivity contribution in [3.05, 3.63) is 18.3 Å². The van der Waals surface area contributed by atoms with E-state index in [-0.39, 0.29) is 10.8 Å². The predicted octanol–water partition coefficient (Wildman–Crippen LogP) is 2.80. The van der Waals surface area contributed by atoms with E-state index in [1.165, 1.54) is 41.5 Å². The molecule has 6 nitrogen and oxygen atoms in total. The number of hydrogen-bond acceptors (Lipinski definition) is 5. The number of rotatable bonds is 6. The second-order valence-electron chi connectivity index (χ2n) is 6.99. The molecule has 0 unspecified atom stereocenters. The zero-order valence-corrected chi connectivity index (χ0v) is 16.7. The maximum absolute atomic E-state index is 12.6. The Hall–Kier alpha value is -1.12. The van der Waals surface area contributed by atoms with Gasteiger partial charge in [-0.15, -0.1) is 0 Å². The molecule has 8 heteroatoms. The Morgan fingerprint density at radius 2 is 1.81 bits per heavy atom. The first-order chi connectivity index (χ1) is 12.6. The van der Waals surface area contributed by atoms with Crippen molar-refractivity contribution in [2.24, 2.45) is 0 Å². The van der Waals surface area contributed by atoms with Crippen molar-refractivity contribution in [3.8, 4) is 0 Å². The first-order valence-corrected chi connectivity index (χ1v) is 11.9. The van der Waals surface area contributed by atoms with Crippen molar-refractivity contribution in [1.82, 2.24) is 14.6 Å². The van der Waals surface area contributed by atoms with Crippen LogP contribution >= 0.6 is 11.8 Å². The molecule has 1 saturated heterocycles. The van der Waals surface area contributed by atoms with Crippen LogP contribution in [-0.2, 0) is 14.8 Å². The monoisotopic (exact) mass is 397 g/mol. The number of nitrogens with one attached hydrogen (secondary N) is 1. The topological polar surface area (TPSA) is 79.4 Å². The lowest BCUT2D eigenvalue weighted by molar-refractivity contribution is -0.119.